The number of aromatic hydroxyl groups is 1. The fourth-order valence-electron chi connectivity index (χ4n) is 1.25. The van der Waals surface area contributed by atoms with Crippen LogP contribution in [-0.4, -0.2) is 58.7 Å². The van der Waals surface area contributed by atoms with Gasteiger partial charge in [-0.25, -0.2) is 0 Å². The zero-order valence-electron chi connectivity index (χ0n) is 8.57. The van der Waals surface area contributed by atoms with Crippen LogP contribution in [0.2, 0.25) is 0 Å². The molecule has 0 aliphatic rings. The van der Waals surface area contributed by atoms with Gasteiger partial charge >= 0.3 is 35.5 Å². The van der Waals surface area contributed by atoms with E-state index in [2.05, 4.69) is 0 Å². The monoisotopic (exact) mass is 285 g/mol. The molecule has 0 aliphatic carbocycles. The molecule has 0 saturated carbocycles. The predicted molar refractivity (Wildman–Crippen MR) is 65.1 cm³/mol. The SMILES string of the molecule is NC(C(=O)O)c1ccc(O)c(CS(=O)(=O)O)c1.[NaH]. The fourth-order valence-corrected chi connectivity index (χ4v) is 1.88. The van der Waals surface area contributed by atoms with Gasteiger partial charge in [-0.05, 0) is 17.7 Å². The van der Waals surface area contributed by atoms with Gasteiger partial charge in [0.1, 0.15) is 17.5 Å². The molecule has 0 aromatic heterocycles. The molecule has 1 rings (SSSR count). The Morgan fingerprint density at radius 3 is 2.39 bits per heavy atom. The Balaban J connectivity index is 0.00000289. The third-order valence-corrected chi connectivity index (χ3v) is 2.74. The minimum absolute atomic E-state index is 0. The van der Waals surface area contributed by atoms with Gasteiger partial charge in [-0.15, -0.1) is 0 Å². The number of nitrogens with two attached hydrogens (primary N) is 1. The molecule has 0 bridgehead atoms. The van der Waals surface area contributed by atoms with Crippen molar-refractivity contribution in [3.8, 4) is 5.75 Å². The van der Waals surface area contributed by atoms with E-state index in [0.29, 0.717) is 0 Å². The molecule has 1 atom stereocenters. The maximum atomic E-state index is 10.7. The molecule has 7 nitrogen and oxygen atoms in total. The van der Waals surface area contributed by atoms with Crippen molar-refractivity contribution in [2.75, 3.05) is 0 Å². The fraction of sp³-hybridized carbons (Fsp3) is 0.222. The van der Waals surface area contributed by atoms with Gasteiger partial charge in [-0.2, -0.15) is 8.42 Å². The molecule has 96 valence electrons. The minimum atomic E-state index is -4.31. The molecule has 9 heteroatoms. The van der Waals surface area contributed by atoms with Gasteiger partial charge in [-0.1, -0.05) is 6.07 Å². The number of carboxylic acids is 1. The molecular formula is C9H12NNaO6S. The average Bonchev–Trinajstić information content (AvgIpc) is 2.18. The molecule has 0 heterocycles. The summed E-state index contributed by atoms with van der Waals surface area (Å²) in [5, 5.41) is 18.0. The predicted octanol–water partition coefficient (Wildman–Crippen LogP) is -0.784. The molecule has 0 fully saturated rings. The Kier molecular flexibility index (Phi) is 6.27. The van der Waals surface area contributed by atoms with E-state index in [-0.39, 0.29) is 46.4 Å². The standard InChI is InChI=1S/C9H11NO6S.Na.H/c10-8(9(12)13)5-1-2-7(11)6(3-5)4-17(14,15)16;;/h1-3,8,11H,4,10H2,(H,12,13)(H,14,15,16);;. The number of phenolic OH excluding ortho intramolecular Hbond substituents is 1. The van der Waals surface area contributed by atoms with Gasteiger partial charge in [0.2, 0.25) is 0 Å². The van der Waals surface area contributed by atoms with Crippen LogP contribution in [0.5, 0.6) is 5.75 Å². The van der Waals surface area contributed by atoms with Crippen LogP contribution >= 0.6 is 0 Å². The van der Waals surface area contributed by atoms with Crippen molar-refractivity contribution in [1.82, 2.24) is 0 Å². The molecule has 0 spiro atoms. The molecular weight excluding hydrogens is 273 g/mol. The summed E-state index contributed by atoms with van der Waals surface area (Å²) in [6.45, 7) is 0. The van der Waals surface area contributed by atoms with E-state index < -0.39 is 27.9 Å². The van der Waals surface area contributed by atoms with E-state index in [1.165, 1.54) is 6.07 Å². The molecule has 18 heavy (non-hydrogen) atoms. The van der Waals surface area contributed by atoms with Crippen molar-refractivity contribution >= 4 is 45.6 Å². The average molecular weight is 285 g/mol. The maximum absolute atomic E-state index is 10.7. The van der Waals surface area contributed by atoms with Crippen LogP contribution in [-0.2, 0) is 20.7 Å². The summed E-state index contributed by atoms with van der Waals surface area (Å²) in [6, 6.07) is 2.19. The second-order valence-corrected chi connectivity index (χ2v) is 4.88. The van der Waals surface area contributed by atoms with Gasteiger partial charge in [0.05, 0.1) is 0 Å². The summed E-state index contributed by atoms with van der Waals surface area (Å²) in [6.07, 6.45) is 0. The molecule has 1 aromatic carbocycles. The summed E-state index contributed by atoms with van der Waals surface area (Å²) < 4.78 is 30.0. The second kappa shape index (κ2) is 6.50. The van der Waals surface area contributed by atoms with E-state index in [1.54, 1.807) is 0 Å². The summed E-state index contributed by atoms with van der Waals surface area (Å²) in [5.74, 6) is -2.45. The molecule has 0 aliphatic heterocycles. The van der Waals surface area contributed by atoms with Crippen LogP contribution in [0, 0.1) is 0 Å². The molecule has 1 unspecified atom stereocenters. The first-order valence-corrected chi connectivity index (χ1v) is 6.07. The summed E-state index contributed by atoms with van der Waals surface area (Å²) in [4.78, 5) is 10.6. The van der Waals surface area contributed by atoms with Crippen molar-refractivity contribution in [2.45, 2.75) is 11.8 Å². The van der Waals surface area contributed by atoms with Crippen molar-refractivity contribution < 1.29 is 28.0 Å². The van der Waals surface area contributed by atoms with E-state index in [9.17, 15) is 18.3 Å². The van der Waals surface area contributed by atoms with E-state index in [4.69, 9.17) is 15.4 Å². The Labute approximate surface area is 126 Å². The van der Waals surface area contributed by atoms with Crippen LogP contribution in [0.25, 0.3) is 0 Å². The quantitative estimate of drug-likeness (QED) is 0.420. The number of phenols is 1. The van der Waals surface area contributed by atoms with Crippen LogP contribution in [0.15, 0.2) is 18.2 Å². The number of carboxylic acid groups (broad SMARTS) is 1. The third-order valence-electron chi connectivity index (χ3n) is 2.07. The zero-order valence-corrected chi connectivity index (χ0v) is 9.38. The Bertz CT molecular complexity index is 544. The number of hydrogen-bond donors (Lipinski definition) is 4. The van der Waals surface area contributed by atoms with Crippen molar-refractivity contribution in [3.63, 3.8) is 0 Å². The number of benzene rings is 1. The third kappa shape index (κ3) is 4.92. The summed E-state index contributed by atoms with van der Waals surface area (Å²) in [7, 11) is -4.31. The number of carbonyl (C=O) groups is 1. The number of aliphatic carboxylic acids is 1. The summed E-state index contributed by atoms with van der Waals surface area (Å²) in [5.41, 5.74) is 5.35. The van der Waals surface area contributed by atoms with Gasteiger partial charge < -0.3 is 15.9 Å². The summed E-state index contributed by atoms with van der Waals surface area (Å²) >= 11 is 0. The van der Waals surface area contributed by atoms with Crippen LogP contribution < -0.4 is 5.73 Å². The van der Waals surface area contributed by atoms with Crippen LogP contribution in [0.3, 0.4) is 0 Å². The molecule has 1 aromatic rings. The molecule has 0 saturated heterocycles. The van der Waals surface area contributed by atoms with E-state index in [0.717, 1.165) is 12.1 Å². The molecule has 5 N–H and O–H groups in total. The first-order valence-electron chi connectivity index (χ1n) is 4.46. The molecule has 0 amide bonds. The normalized spacial score (nSPS) is 12.6. The Morgan fingerprint density at radius 1 is 1.39 bits per heavy atom. The van der Waals surface area contributed by atoms with E-state index >= 15 is 0 Å². The van der Waals surface area contributed by atoms with E-state index in [1.807, 2.05) is 0 Å². The van der Waals surface area contributed by atoms with Gasteiger partial charge in [0.15, 0.2) is 0 Å². The van der Waals surface area contributed by atoms with Gasteiger partial charge in [0, 0.05) is 5.56 Å². The Hall–Kier alpha value is -0.640. The number of hydrogen-bond acceptors (Lipinski definition) is 5. The first-order chi connectivity index (χ1) is 7.70. The van der Waals surface area contributed by atoms with Gasteiger partial charge in [0.25, 0.3) is 10.1 Å². The van der Waals surface area contributed by atoms with Crippen molar-refractivity contribution in [3.05, 3.63) is 29.3 Å². The van der Waals surface area contributed by atoms with Gasteiger partial charge in [-0.3, -0.25) is 9.35 Å². The van der Waals surface area contributed by atoms with Crippen LogP contribution in [0.4, 0.5) is 0 Å². The topological polar surface area (TPSA) is 138 Å². The number of rotatable bonds is 4. The molecule has 0 radical (unpaired) electrons. The van der Waals surface area contributed by atoms with Crippen molar-refractivity contribution in [2.24, 2.45) is 5.73 Å². The zero-order chi connectivity index (χ0) is 13.2. The second-order valence-electron chi connectivity index (χ2n) is 3.43. The Morgan fingerprint density at radius 2 is 1.94 bits per heavy atom. The van der Waals surface area contributed by atoms with Crippen LogP contribution in [0.1, 0.15) is 17.2 Å². The van der Waals surface area contributed by atoms with Crippen molar-refractivity contribution in [1.29, 1.82) is 0 Å². The first kappa shape index (κ1) is 17.4.